The van der Waals surface area contributed by atoms with Crippen LogP contribution >= 0.6 is 0 Å². The molecule has 0 aliphatic carbocycles. The van der Waals surface area contributed by atoms with Crippen LogP contribution < -0.4 is 0 Å². The van der Waals surface area contributed by atoms with Crippen LogP contribution in [-0.4, -0.2) is 0 Å². The van der Waals surface area contributed by atoms with Crippen LogP contribution in [0.2, 0.25) is 0 Å². The van der Waals surface area contributed by atoms with E-state index in [-0.39, 0.29) is 0 Å². The smallest absolute Gasteiger partial charge is 0.0105 e. The molecule has 0 heteroatoms. The minimum atomic E-state index is 0.976. The van der Waals surface area contributed by atoms with Gasteiger partial charge in [-0.15, -0.1) is 0 Å². The molecule has 0 atom stereocenters. The Morgan fingerprint density at radius 1 is 0.806 bits per heavy atom. The summed E-state index contributed by atoms with van der Waals surface area (Å²) in [4.78, 5) is 0. The van der Waals surface area contributed by atoms with Crippen LogP contribution in [0.1, 0.15) is 31.4 Å². The maximum absolute atomic E-state index is 4.26. The lowest BCUT2D eigenvalue weighted by molar-refractivity contribution is 1.24. The number of hydrogen-bond donors (Lipinski definition) is 0. The molecule has 3 rings (SSSR count). The summed E-state index contributed by atoms with van der Waals surface area (Å²) in [7, 11) is 0. The fourth-order valence-corrected chi connectivity index (χ4v) is 3.77. The predicted molar refractivity (Wildman–Crippen MR) is 139 cm³/mol. The molecule has 0 saturated carbocycles. The van der Waals surface area contributed by atoms with Crippen LogP contribution in [0, 0.1) is 0 Å². The first kappa shape index (κ1) is 22.1. The SMILES string of the molecule is C=C/C=C\C(=C)c1ccccc1-c1cccc(-c2ccccc2/C(=C/C=C\C)CC)c1. The summed E-state index contributed by atoms with van der Waals surface area (Å²) >= 11 is 0. The first-order chi connectivity index (χ1) is 15.2. The van der Waals surface area contributed by atoms with Crippen molar-refractivity contribution in [3.63, 3.8) is 0 Å². The van der Waals surface area contributed by atoms with Crippen LogP contribution in [-0.2, 0) is 0 Å². The third-order valence-electron chi connectivity index (χ3n) is 5.33. The third-order valence-corrected chi connectivity index (χ3v) is 5.33. The maximum atomic E-state index is 4.26. The first-order valence-electron chi connectivity index (χ1n) is 10.8. The van der Waals surface area contributed by atoms with Crippen LogP contribution in [0.25, 0.3) is 33.4 Å². The monoisotopic (exact) mass is 402 g/mol. The van der Waals surface area contributed by atoms with Gasteiger partial charge in [-0.05, 0) is 63.9 Å². The topological polar surface area (TPSA) is 0 Å². The molecule has 31 heavy (non-hydrogen) atoms. The van der Waals surface area contributed by atoms with E-state index in [0.717, 1.165) is 17.6 Å². The van der Waals surface area contributed by atoms with Crippen molar-refractivity contribution in [2.45, 2.75) is 20.3 Å². The second kappa shape index (κ2) is 10.9. The molecular formula is C31H30. The second-order valence-electron chi connectivity index (χ2n) is 7.36. The minimum Gasteiger partial charge on any atom is -0.0991 e. The van der Waals surface area contributed by atoms with E-state index >= 15 is 0 Å². The zero-order valence-corrected chi connectivity index (χ0v) is 18.5. The highest BCUT2D eigenvalue weighted by molar-refractivity contribution is 5.88. The first-order valence-corrected chi connectivity index (χ1v) is 10.8. The van der Waals surface area contributed by atoms with E-state index in [1.165, 1.54) is 33.4 Å². The summed E-state index contributed by atoms with van der Waals surface area (Å²) in [5, 5.41) is 0. The molecule has 0 heterocycles. The zero-order valence-electron chi connectivity index (χ0n) is 18.5. The quantitative estimate of drug-likeness (QED) is 0.329. The number of rotatable bonds is 8. The van der Waals surface area contributed by atoms with Crippen molar-refractivity contribution < 1.29 is 0 Å². The van der Waals surface area contributed by atoms with Gasteiger partial charge >= 0.3 is 0 Å². The van der Waals surface area contributed by atoms with Crippen LogP contribution in [0.4, 0.5) is 0 Å². The van der Waals surface area contributed by atoms with Crippen molar-refractivity contribution in [3.05, 3.63) is 134 Å². The Morgan fingerprint density at radius 2 is 1.42 bits per heavy atom. The molecule has 3 aromatic rings. The third kappa shape index (κ3) is 5.29. The molecule has 0 N–H and O–H groups in total. The van der Waals surface area contributed by atoms with Gasteiger partial charge in [0.15, 0.2) is 0 Å². The highest BCUT2D eigenvalue weighted by Gasteiger charge is 2.11. The van der Waals surface area contributed by atoms with Gasteiger partial charge in [-0.3, -0.25) is 0 Å². The van der Waals surface area contributed by atoms with Gasteiger partial charge in [-0.2, -0.15) is 0 Å². The van der Waals surface area contributed by atoms with Crippen LogP contribution in [0.3, 0.4) is 0 Å². The Hall–Kier alpha value is -3.64. The van der Waals surface area contributed by atoms with Crippen molar-refractivity contribution >= 4 is 11.1 Å². The molecule has 0 aliphatic rings. The van der Waals surface area contributed by atoms with Gasteiger partial charge in [-0.25, -0.2) is 0 Å². The van der Waals surface area contributed by atoms with Gasteiger partial charge in [0.2, 0.25) is 0 Å². The molecule has 0 unspecified atom stereocenters. The van der Waals surface area contributed by atoms with Crippen molar-refractivity contribution in [1.82, 2.24) is 0 Å². The lowest BCUT2D eigenvalue weighted by Gasteiger charge is -2.15. The van der Waals surface area contributed by atoms with E-state index in [4.69, 9.17) is 0 Å². The molecule has 0 aliphatic heterocycles. The van der Waals surface area contributed by atoms with E-state index < -0.39 is 0 Å². The van der Waals surface area contributed by atoms with Crippen molar-refractivity contribution in [2.75, 3.05) is 0 Å². The largest absolute Gasteiger partial charge is 0.0991 e. The fraction of sp³-hybridized carbons (Fsp3) is 0.0968. The highest BCUT2D eigenvalue weighted by Crippen LogP contribution is 2.35. The molecule has 154 valence electrons. The van der Waals surface area contributed by atoms with Crippen LogP contribution in [0.5, 0.6) is 0 Å². The normalized spacial score (nSPS) is 11.9. The number of hydrogen-bond acceptors (Lipinski definition) is 0. The average Bonchev–Trinajstić information content (AvgIpc) is 2.83. The number of benzene rings is 3. The van der Waals surface area contributed by atoms with Crippen LogP contribution in [0.15, 0.2) is 122 Å². The summed E-state index contributed by atoms with van der Waals surface area (Å²) < 4.78 is 0. The van der Waals surface area contributed by atoms with E-state index in [2.05, 4.69) is 118 Å². The molecule has 0 amide bonds. The van der Waals surface area contributed by atoms with Gasteiger partial charge in [0.25, 0.3) is 0 Å². The molecule has 0 aromatic heterocycles. The second-order valence-corrected chi connectivity index (χ2v) is 7.36. The lowest BCUT2D eigenvalue weighted by atomic mass is 9.89. The standard InChI is InChI=1S/C31H30/c1-5-8-15-24(4)28-19-10-11-21-30(28)26-17-14-18-27(23-26)31-22-13-12-20-29(31)25(7-3)16-9-6-2/h5-6,8-23H,1,4,7H2,2-3H3/b9-6-,15-8-,25-16+. The van der Waals surface area contributed by atoms with Crippen molar-refractivity contribution in [3.8, 4) is 22.3 Å². The number of allylic oxidation sites excluding steroid dienone is 8. The van der Waals surface area contributed by atoms with Crippen molar-refractivity contribution in [2.24, 2.45) is 0 Å². The molecule has 0 nitrogen and oxygen atoms in total. The summed E-state index contributed by atoms with van der Waals surface area (Å²) in [6.45, 7) is 12.3. The maximum Gasteiger partial charge on any atom is -0.0105 e. The summed E-state index contributed by atoms with van der Waals surface area (Å²) in [5.41, 5.74) is 9.57. The Balaban J connectivity index is 2.11. The molecule has 0 saturated heterocycles. The van der Waals surface area contributed by atoms with Crippen molar-refractivity contribution in [1.29, 1.82) is 0 Å². The van der Waals surface area contributed by atoms with E-state index in [1.54, 1.807) is 6.08 Å². The minimum absolute atomic E-state index is 0.976. The molecule has 0 bridgehead atoms. The summed E-state index contributed by atoms with van der Waals surface area (Å²) in [6, 6.07) is 25.9. The van der Waals surface area contributed by atoms with E-state index in [1.807, 2.05) is 12.2 Å². The van der Waals surface area contributed by atoms with E-state index in [0.29, 0.717) is 0 Å². The zero-order chi connectivity index (χ0) is 22.1. The fourth-order valence-electron chi connectivity index (χ4n) is 3.77. The Labute approximate surface area is 187 Å². The molecule has 0 radical (unpaired) electrons. The van der Waals surface area contributed by atoms with E-state index in [9.17, 15) is 0 Å². The van der Waals surface area contributed by atoms with Gasteiger partial charge in [0.05, 0.1) is 0 Å². The predicted octanol–water partition coefficient (Wildman–Crippen LogP) is 9.15. The Morgan fingerprint density at radius 3 is 2.03 bits per heavy atom. The Kier molecular flexibility index (Phi) is 7.79. The summed E-state index contributed by atoms with van der Waals surface area (Å²) in [6.07, 6.45) is 13.1. The summed E-state index contributed by atoms with van der Waals surface area (Å²) in [5.74, 6) is 0. The highest BCUT2D eigenvalue weighted by atomic mass is 14.1. The molecule has 0 fully saturated rings. The van der Waals surface area contributed by atoms with Gasteiger partial charge < -0.3 is 0 Å². The average molecular weight is 403 g/mol. The van der Waals surface area contributed by atoms with Gasteiger partial charge in [-0.1, -0.05) is 123 Å². The van der Waals surface area contributed by atoms with Gasteiger partial charge in [0, 0.05) is 0 Å². The molecular weight excluding hydrogens is 372 g/mol. The lowest BCUT2D eigenvalue weighted by Crippen LogP contribution is -1.91. The molecule has 3 aromatic carbocycles. The van der Waals surface area contributed by atoms with Gasteiger partial charge in [0.1, 0.15) is 0 Å². The Bertz CT molecular complexity index is 1150. The molecule has 0 spiro atoms.